The Labute approximate surface area is 77.5 Å². The van der Waals surface area contributed by atoms with Crippen LogP contribution in [0.2, 0.25) is 0 Å². The van der Waals surface area contributed by atoms with E-state index in [2.05, 4.69) is 46.1 Å². The second-order valence-corrected chi connectivity index (χ2v) is 2.29. The first-order valence-electron chi connectivity index (χ1n) is 4.10. The lowest BCUT2D eigenvalue weighted by molar-refractivity contribution is 1.09. The highest BCUT2D eigenvalue weighted by Crippen LogP contribution is 1.97. The molecule has 0 aromatic rings. The van der Waals surface area contributed by atoms with Gasteiger partial charge in [0.1, 0.15) is 0 Å². The maximum atomic E-state index is 4.50. The van der Waals surface area contributed by atoms with Crippen molar-refractivity contribution in [3.8, 4) is 0 Å². The molecule has 70 valence electrons. The van der Waals surface area contributed by atoms with E-state index in [1.165, 1.54) is 19.0 Å². The van der Waals surface area contributed by atoms with Crippen LogP contribution in [0.4, 0.5) is 0 Å². The Kier molecular flexibility index (Phi) is 35.2. The van der Waals surface area contributed by atoms with Crippen molar-refractivity contribution in [1.29, 1.82) is 0 Å². The minimum Gasteiger partial charge on any atom is -0.333 e. The first-order valence-corrected chi connectivity index (χ1v) is 4.62. The van der Waals surface area contributed by atoms with E-state index in [4.69, 9.17) is 0 Å². The average Bonchev–Trinajstić information content (AvgIpc) is 2.08. The predicted molar refractivity (Wildman–Crippen MR) is 59.1 cm³/mol. The molecule has 0 bridgehead atoms. The highest BCUT2D eigenvalue weighted by Gasteiger charge is 1.73. The molecule has 0 heterocycles. The van der Waals surface area contributed by atoms with Crippen molar-refractivity contribution >= 4 is 12.6 Å². The van der Waals surface area contributed by atoms with Gasteiger partial charge in [0.15, 0.2) is 0 Å². The molecule has 0 saturated heterocycles. The van der Waals surface area contributed by atoms with E-state index in [0.29, 0.717) is 0 Å². The largest absolute Gasteiger partial charge is 0.333 e. The molecular formula is C9H23NS. The van der Waals surface area contributed by atoms with Gasteiger partial charge >= 0.3 is 0 Å². The number of nitrogens with two attached hydrogens (primary N) is 1. The number of hydrogen-bond acceptors (Lipinski definition) is 2. The average molecular weight is 177 g/mol. The minimum absolute atomic E-state index is 1.11. The monoisotopic (exact) mass is 177 g/mol. The van der Waals surface area contributed by atoms with Crippen LogP contribution in [0, 0.1) is 0 Å². The van der Waals surface area contributed by atoms with Crippen molar-refractivity contribution < 1.29 is 0 Å². The van der Waals surface area contributed by atoms with E-state index in [-0.39, 0.29) is 0 Å². The second kappa shape index (κ2) is 22.5. The van der Waals surface area contributed by atoms with Crippen LogP contribution in [-0.2, 0) is 0 Å². The van der Waals surface area contributed by atoms with Gasteiger partial charge in [0, 0.05) is 0 Å². The third kappa shape index (κ3) is 39.7. The van der Waals surface area contributed by atoms with Crippen molar-refractivity contribution in [3.05, 3.63) is 11.0 Å². The second-order valence-electron chi connectivity index (χ2n) is 2.04. The molecule has 0 saturated carbocycles. The van der Waals surface area contributed by atoms with Crippen LogP contribution in [-0.4, -0.2) is 7.05 Å². The van der Waals surface area contributed by atoms with Crippen LogP contribution in [0.25, 0.3) is 0 Å². The Bertz CT molecular complexity index is 70.0. The first-order chi connectivity index (χ1) is 5.22. The number of allylic oxidation sites excluding steroid dienone is 1. The van der Waals surface area contributed by atoms with Crippen molar-refractivity contribution in [1.82, 2.24) is 0 Å². The van der Waals surface area contributed by atoms with E-state index in [0.717, 1.165) is 6.42 Å². The molecule has 2 N–H and O–H groups in total. The molecule has 0 atom stereocenters. The quantitative estimate of drug-likeness (QED) is 0.591. The Morgan fingerprint density at radius 3 is 1.55 bits per heavy atom. The fraction of sp³-hybridized carbons (Fsp3) is 0.778. The Morgan fingerprint density at radius 1 is 1.27 bits per heavy atom. The molecule has 0 aliphatic carbocycles. The third-order valence-corrected chi connectivity index (χ3v) is 1.22. The minimum atomic E-state index is 1.11. The van der Waals surface area contributed by atoms with E-state index >= 15 is 0 Å². The zero-order chi connectivity index (χ0) is 9.70. The summed E-state index contributed by atoms with van der Waals surface area (Å²) in [6, 6.07) is 0. The van der Waals surface area contributed by atoms with Crippen LogP contribution in [0.1, 0.15) is 40.5 Å². The molecule has 0 amide bonds. The van der Waals surface area contributed by atoms with Crippen molar-refractivity contribution in [2.24, 2.45) is 5.73 Å². The summed E-state index contributed by atoms with van der Waals surface area (Å²) < 4.78 is 0. The lowest BCUT2D eigenvalue weighted by Crippen LogP contribution is -1.69. The maximum Gasteiger partial charge on any atom is -0.0195 e. The van der Waals surface area contributed by atoms with Crippen LogP contribution < -0.4 is 5.73 Å². The number of hydrogen-bond donors (Lipinski definition) is 2. The molecule has 0 unspecified atom stereocenters. The van der Waals surface area contributed by atoms with Gasteiger partial charge in [-0.1, -0.05) is 32.8 Å². The Balaban J connectivity index is -0.000000109. The first kappa shape index (κ1) is 17.2. The van der Waals surface area contributed by atoms with Gasteiger partial charge in [-0.2, -0.15) is 12.6 Å². The summed E-state index contributed by atoms with van der Waals surface area (Å²) in [7, 11) is 1.50. The summed E-state index contributed by atoms with van der Waals surface area (Å²) in [6.07, 6.45) is 2.36. The Hall–Kier alpha value is 0.0500. The predicted octanol–water partition coefficient (Wildman–Crippen LogP) is 3.22. The SMILES string of the molecule is CC/C(C)=C/S.CCC.CN. The molecule has 1 nitrogen and oxygen atoms in total. The van der Waals surface area contributed by atoms with Crippen molar-refractivity contribution in [3.63, 3.8) is 0 Å². The van der Waals surface area contributed by atoms with Gasteiger partial charge < -0.3 is 5.73 Å². The van der Waals surface area contributed by atoms with Gasteiger partial charge in [0.25, 0.3) is 0 Å². The normalized spacial score (nSPS) is 8.82. The van der Waals surface area contributed by atoms with E-state index < -0.39 is 0 Å². The van der Waals surface area contributed by atoms with Gasteiger partial charge in [0.05, 0.1) is 0 Å². The molecule has 0 aliphatic rings. The standard InChI is InChI=1S/C5H10S.C3H8.CH5N/c1-3-5(2)4-6;1-3-2;1-2/h4,6H,3H2,1-2H3;3H2,1-2H3;2H2,1H3/b5-4+;;. The molecule has 0 spiro atoms. The summed E-state index contributed by atoms with van der Waals surface area (Å²) >= 11 is 3.93. The molecule has 2 heteroatoms. The fourth-order valence-corrected chi connectivity index (χ4v) is 0.274. The number of thiol groups is 1. The molecule has 0 aromatic heterocycles. The van der Waals surface area contributed by atoms with E-state index in [1.807, 2.05) is 5.41 Å². The lowest BCUT2D eigenvalue weighted by atomic mass is 10.3. The van der Waals surface area contributed by atoms with Crippen molar-refractivity contribution in [2.45, 2.75) is 40.5 Å². The highest BCUT2D eigenvalue weighted by atomic mass is 32.1. The summed E-state index contributed by atoms with van der Waals surface area (Å²) in [6.45, 7) is 8.43. The summed E-state index contributed by atoms with van der Waals surface area (Å²) in [4.78, 5) is 0. The molecular weight excluding hydrogens is 154 g/mol. The van der Waals surface area contributed by atoms with Gasteiger partial charge in [-0.25, -0.2) is 0 Å². The highest BCUT2D eigenvalue weighted by molar-refractivity contribution is 7.83. The third-order valence-electron chi connectivity index (χ3n) is 0.778. The van der Waals surface area contributed by atoms with E-state index in [1.54, 1.807) is 0 Å². The van der Waals surface area contributed by atoms with Crippen LogP contribution >= 0.6 is 12.6 Å². The molecule has 11 heavy (non-hydrogen) atoms. The van der Waals surface area contributed by atoms with Crippen LogP contribution in [0.5, 0.6) is 0 Å². The summed E-state index contributed by atoms with van der Waals surface area (Å²) in [5, 5.41) is 1.83. The molecule has 0 rings (SSSR count). The van der Waals surface area contributed by atoms with Crippen LogP contribution in [0.15, 0.2) is 11.0 Å². The van der Waals surface area contributed by atoms with Crippen LogP contribution in [0.3, 0.4) is 0 Å². The number of rotatable bonds is 1. The lowest BCUT2D eigenvalue weighted by Gasteiger charge is -1.84. The Morgan fingerprint density at radius 2 is 1.55 bits per heavy atom. The zero-order valence-electron chi connectivity index (χ0n) is 8.52. The topological polar surface area (TPSA) is 26.0 Å². The molecule has 0 fully saturated rings. The van der Waals surface area contributed by atoms with E-state index in [9.17, 15) is 0 Å². The van der Waals surface area contributed by atoms with Gasteiger partial charge in [-0.15, -0.1) is 0 Å². The molecule has 0 aromatic carbocycles. The summed E-state index contributed by atoms with van der Waals surface area (Å²) in [5.74, 6) is 0. The van der Waals surface area contributed by atoms with Gasteiger partial charge in [-0.3, -0.25) is 0 Å². The molecule has 0 aliphatic heterocycles. The maximum absolute atomic E-state index is 4.50. The van der Waals surface area contributed by atoms with Crippen molar-refractivity contribution in [2.75, 3.05) is 7.05 Å². The van der Waals surface area contributed by atoms with Gasteiger partial charge in [-0.05, 0) is 25.8 Å². The smallest absolute Gasteiger partial charge is 0.0195 e. The fourth-order valence-electron chi connectivity index (χ4n) is 0.0913. The molecule has 0 radical (unpaired) electrons. The zero-order valence-corrected chi connectivity index (χ0v) is 9.41. The summed E-state index contributed by atoms with van der Waals surface area (Å²) in [5.41, 5.74) is 5.83. The van der Waals surface area contributed by atoms with Gasteiger partial charge in [0.2, 0.25) is 0 Å².